The Morgan fingerprint density at radius 2 is 1.67 bits per heavy atom. The molecule has 2 aromatic rings. The molecule has 1 spiro atoms. The molecule has 3 fully saturated rings. The number of Topliss-reactive ketones (excluding diaryl/α,β-unsaturated/α-hetero) is 1. The smallest absolute Gasteiger partial charge is 0.340 e. The van der Waals surface area contributed by atoms with Crippen molar-refractivity contribution >= 4 is 29.7 Å². The number of carbonyl (C=O) groups is 5. The number of rotatable bonds is 8. The molecule has 51 heavy (non-hydrogen) atoms. The highest BCUT2D eigenvalue weighted by molar-refractivity contribution is 5.97. The first-order chi connectivity index (χ1) is 24.1. The Hall–Kier alpha value is -4.42. The number of nitrogens with zero attached hydrogens (tertiary/aromatic N) is 1. The zero-order chi connectivity index (χ0) is 36.9. The number of aromatic nitrogens is 1. The van der Waals surface area contributed by atoms with Crippen molar-refractivity contribution in [3.63, 3.8) is 0 Å². The number of esters is 4. The number of carbonyl (C=O) groups excluding carboxylic acids is 5. The number of allylic oxidation sites excluding steroid dienone is 1. The van der Waals surface area contributed by atoms with E-state index in [2.05, 4.69) is 4.98 Å². The van der Waals surface area contributed by atoms with Gasteiger partial charge in [0.2, 0.25) is 0 Å². The lowest BCUT2D eigenvalue weighted by Gasteiger charge is -2.60. The molecule has 12 nitrogen and oxygen atoms in total. The molecule has 2 bridgehead atoms. The van der Waals surface area contributed by atoms with E-state index in [4.69, 9.17) is 29.4 Å². The summed E-state index contributed by atoms with van der Waals surface area (Å²) in [6, 6.07) is 11.8. The molecule has 1 aromatic carbocycles. The summed E-state index contributed by atoms with van der Waals surface area (Å²) < 4.78 is 31.3. The molecule has 2 saturated carbocycles. The van der Waals surface area contributed by atoms with E-state index in [1.54, 1.807) is 19.1 Å². The number of benzene rings is 1. The van der Waals surface area contributed by atoms with Crippen LogP contribution in [0.1, 0.15) is 89.2 Å². The van der Waals surface area contributed by atoms with Crippen LogP contribution in [-0.4, -0.2) is 71.3 Å². The van der Waals surface area contributed by atoms with Gasteiger partial charge in [-0.1, -0.05) is 51.1 Å². The normalized spacial score (nSPS) is 32.8. The van der Waals surface area contributed by atoms with E-state index < -0.39 is 82.6 Å². The van der Waals surface area contributed by atoms with E-state index in [1.807, 2.05) is 51.1 Å². The van der Waals surface area contributed by atoms with Crippen molar-refractivity contribution in [2.75, 3.05) is 6.61 Å². The molecule has 0 amide bonds. The lowest BCUT2D eigenvalue weighted by Crippen LogP contribution is -2.68. The van der Waals surface area contributed by atoms with Crippen LogP contribution >= 0.6 is 0 Å². The quantitative estimate of drug-likeness (QED) is 0.230. The summed E-state index contributed by atoms with van der Waals surface area (Å²) in [5.41, 5.74) is 5.09. The maximum Gasteiger partial charge on any atom is 0.340 e. The van der Waals surface area contributed by atoms with Crippen LogP contribution in [0.4, 0.5) is 0 Å². The molecule has 2 N–H and O–H groups in total. The van der Waals surface area contributed by atoms with E-state index in [1.165, 1.54) is 26.2 Å². The minimum Gasteiger partial charge on any atom is -0.462 e. The second kappa shape index (κ2) is 13.6. The number of nitrogens with two attached hydrogens (primary N) is 1. The highest BCUT2D eigenvalue weighted by atomic mass is 16.6. The van der Waals surface area contributed by atoms with Gasteiger partial charge in [-0.2, -0.15) is 0 Å². The van der Waals surface area contributed by atoms with Gasteiger partial charge < -0.3 is 29.4 Å². The number of fused-ring (bicyclic) bond motifs is 4. The van der Waals surface area contributed by atoms with E-state index in [0.29, 0.717) is 24.0 Å². The van der Waals surface area contributed by atoms with Gasteiger partial charge in [0, 0.05) is 56.0 Å². The summed E-state index contributed by atoms with van der Waals surface area (Å²) in [7, 11) is 0. The van der Waals surface area contributed by atoms with Gasteiger partial charge in [0.1, 0.15) is 23.9 Å². The van der Waals surface area contributed by atoms with Gasteiger partial charge >= 0.3 is 23.9 Å². The first kappa shape index (κ1) is 36.4. The van der Waals surface area contributed by atoms with Crippen LogP contribution in [0.5, 0.6) is 0 Å². The third kappa shape index (κ3) is 6.59. The molecular formula is C39H46N2O10. The van der Waals surface area contributed by atoms with Crippen molar-refractivity contribution in [2.45, 2.75) is 103 Å². The Morgan fingerprint density at radius 3 is 2.27 bits per heavy atom. The van der Waals surface area contributed by atoms with Crippen molar-refractivity contribution in [2.24, 2.45) is 28.4 Å². The molecule has 1 aromatic heterocycles. The number of ketones is 1. The van der Waals surface area contributed by atoms with E-state index in [9.17, 15) is 24.0 Å². The Kier molecular flexibility index (Phi) is 9.71. The van der Waals surface area contributed by atoms with Crippen molar-refractivity contribution in [3.05, 3.63) is 77.1 Å². The van der Waals surface area contributed by atoms with E-state index in [0.717, 1.165) is 5.56 Å². The summed E-state index contributed by atoms with van der Waals surface area (Å²) in [6.07, 6.45) is -0.604. The lowest BCUT2D eigenvalue weighted by atomic mass is 9.48. The first-order valence-electron chi connectivity index (χ1n) is 17.4. The third-order valence-corrected chi connectivity index (χ3v) is 11.6. The largest absolute Gasteiger partial charge is 0.462 e. The Labute approximate surface area is 297 Å². The second-order valence-corrected chi connectivity index (χ2v) is 15.1. The van der Waals surface area contributed by atoms with Gasteiger partial charge in [-0.25, -0.2) is 4.79 Å². The fourth-order valence-corrected chi connectivity index (χ4v) is 9.17. The zero-order valence-electron chi connectivity index (χ0n) is 29.9. The predicted octanol–water partition coefficient (Wildman–Crippen LogP) is 4.60. The maximum absolute atomic E-state index is 13.9. The van der Waals surface area contributed by atoms with Crippen LogP contribution in [-0.2, 0) is 42.9 Å². The Balaban J connectivity index is 1.48. The number of hydrogen-bond donors (Lipinski definition) is 1. The standard InChI is InChI=1S/C39H46N2O10/c1-21-28(44)17-26-32(48-22(2)42)34-38(6,15-14-29(39(34)20-47-39)50-30(45)18-27(40)24-11-8-7-9-12-24)35(51-36(46)25-13-10-16-41-19-25)33(49-23(3)43)31(21)37(26,4)5/h7-13,16,19,26-27,29,32-35H,14-15,17-18,20,40H2,1-6H3/t26-,27-,29-,32+,33+,34-,35-,38+,39+/m0/s1. The summed E-state index contributed by atoms with van der Waals surface area (Å²) in [5.74, 6) is -3.99. The van der Waals surface area contributed by atoms with Crippen LogP contribution in [0.3, 0.4) is 0 Å². The van der Waals surface area contributed by atoms with Gasteiger partial charge in [-0.3, -0.25) is 24.2 Å². The molecule has 272 valence electrons. The van der Waals surface area contributed by atoms with Gasteiger partial charge in [-0.15, -0.1) is 0 Å². The Bertz CT molecular complexity index is 1740. The number of epoxide rings is 1. The fraction of sp³-hybridized carbons (Fsp3) is 0.538. The second-order valence-electron chi connectivity index (χ2n) is 15.1. The van der Waals surface area contributed by atoms with Gasteiger partial charge in [0.25, 0.3) is 0 Å². The molecule has 1 aliphatic heterocycles. The van der Waals surface area contributed by atoms with Crippen LogP contribution in [0, 0.1) is 22.7 Å². The molecule has 2 heterocycles. The van der Waals surface area contributed by atoms with Crippen molar-refractivity contribution < 1.29 is 47.7 Å². The van der Waals surface area contributed by atoms with Crippen LogP contribution in [0.25, 0.3) is 0 Å². The average molecular weight is 703 g/mol. The SMILES string of the molecule is CC(=O)O[C@@H]1[C@@H]2CC(=O)C(C)=C([C@@H](OC(C)=O)[C@H](OC(=O)c3cccnc3)[C@]3(C)CC[C@H](OC(=O)C[C@H](N)c4ccccc4)[C@]4(CO4)[C@@H]13)C2(C)C. The molecule has 0 radical (unpaired) electrons. The van der Waals surface area contributed by atoms with Gasteiger partial charge in [0.05, 0.1) is 18.6 Å². The highest BCUT2D eigenvalue weighted by Crippen LogP contribution is 2.65. The average Bonchev–Trinajstić information content (AvgIpc) is 3.86. The lowest BCUT2D eigenvalue weighted by molar-refractivity contribution is -0.220. The van der Waals surface area contributed by atoms with Gasteiger partial charge in [-0.05, 0) is 54.0 Å². The summed E-state index contributed by atoms with van der Waals surface area (Å²) in [5, 5.41) is 0. The molecule has 6 rings (SSSR count). The van der Waals surface area contributed by atoms with E-state index in [-0.39, 0.29) is 30.8 Å². The zero-order valence-corrected chi connectivity index (χ0v) is 29.9. The molecular weight excluding hydrogens is 656 g/mol. The first-order valence-corrected chi connectivity index (χ1v) is 17.4. The fourth-order valence-electron chi connectivity index (χ4n) is 9.17. The predicted molar refractivity (Wildman–Crippen MR) is 182 cm³/mol. The number of ether oxygens (including phenoxy) is 5. The number of hydrogen-bond acceptors (Lipinski definition) is 12. The van der Waals surface area contributed by atoms with Crippen LogP contribution < -0.4 is 5.73 Å². The molecule has 4 aliphatic rings. The van der Waals surface area contributed by atoms with Crippen LogP contribution in [0.15, 0.2) is 66.0 Å². The van der Waals surface area contributed by atoms with Crippen molar-refractivity contribution in [1.29, 1.82) is 0 Å². The maximum atomic E-state index is 13.9. The summed E-state index contributed by atoms with van der Waals surface area (Å²) in [4.78, 5) is 71.2. The minimum atomic E-state index is -1.18. The van der Waals surface area contributed by atoms with E-state index >= 15 is 0 Å². The molecule has 0 unspecified atom stereocenters. The molecule has 3 aliphatic carbocycles. The summed E-state index contributed by atoms with van der Waals surface area (Å²) in [6.45, 7) is 10.2. The molecule has 1 saturated heterocycles. The monoisotopic (exact) mass is 702 g/mol. The molecule has 12 heteroatoms. The minimum absolute atomic E-state index is 0.0479. The third-order valence-electron chi connectivity index (χ3n) is 11.6. The van der Waals surface area contributed by atoms with Crippen molar-refractivity contribution in [3.8, 4) is 0 Å². The van der Waals surface area contributed by atoms with Gasteiger partial charge in [0.15, 0.2) is 11.9 Å². The molecule has 9 atom stereocenters. The van der Waals surface area contributed by atoms with Crippen LogP contribution in [0.2, 0.25) is 0 Å². The topological polar surface area (TPSA) is 174 Å². The number of pyridine rings is 1. The Morgan fingerprint density at radius 1 is 0.980 bits per heavy atom. The highest BCUT2D eigenvalue weighted by Gasteiger charge is 2.74. The summed E-state index contributed by atoms with van der Waals surface area (Å²) >= 11 is 0. The van der Waals surface area contributed by atoms with Crippen molar-refractivity contribution in [1.82, 2.24) is 4.98 Å².